The molecule has 0 aliphatic heterocycles. The van der Waals surface area contributed by atoms with Gasteiger partial charge in [0, 0.05) is 17.3 Å². The summed E-state index contributed by atoms with van der Waals surface area (Å²) in [5.41, 5.74) is 2.81. The second-order valence-electron chi connectivity index (χ2n) is 5.09. The molecule has 0 aliphatic rings. The predicted molar refractivity (Wildman–Crippen MR) is 85.3 cm³/mol. The van der Waals surface area contributed by atoms with Crippen molar-refractivity contribution in [1.29, 1.82) is 5.26 Å². The maximum absolute atomic E-state index is 9.39. The molecular weight excluding hydrogens is 290 g/mol. The first kappa shape index (κ1) is 14.7. The maximum Gasteiger partial charge on any atom is 0.157 e. The lowest BCUT2D eigenvalue weighted by molar-refractivity contribution is 0.415. The number of benzene rings is 1. The molecule has 0 saturated heterocycles. The van der Waals surface area contributed by atoms with Crippen molar-refractivity contribution < 1.29 is 4.74 Å². The Balaban J connectivity index is 2.08. The molecule has 0 N–H and O–H groups in total. The van der Waals surface area contributed by atoms with Gasteiger partial charge in [0.05, 0.1) is 18.9 Å². The molecule has 1 aromatic carbocycles. The van der Waals surface area contributed by atoms with Gasteiger partial charge in [-0.25, -0.2) is 14.6 Å². The fourth-order valence-corrected chi connectivity index (χ4v) is 2.35. The van der Waals surface area contributed by atoms with Crippen molar-refractivity contribution in [1.82, 2.24) is 19.7 Å². The summed E-state index contributed by atoms with van der Waals surface area (Å²) >= 11 is 0. The van der Waals surface area contributed by atoms with Crippen LogP contribution in [0.5, 0.6) is 5.75 Å². The van der Waals surface area contributed by atoms with E-state index >= 15 is 0 Å². The van der Waals surface area contributed by atoms with Gasteiger partial charge in [-0.15, -0.1) is 0 Å². The topological polar surface area (TPSA) is 76.6 Å². The van der Waals surface area contributed by atoms with Crippen LogP contribution in [-0.4, -0.2) is 26.9 Å². The Morgan fingerprint density at radius 3 is 2.48 bits per heavy atom. The van der Waals surface area contributed by atoms with Gasteiger partial charge in [0.25, 0.3) is 0 Å². The number of rotatable bonds is 3. The van der Waals surface area contributed by atoms with Gasteiger partial charge in [-0.3, -0.25) is 0 Å². The Morgan fingerprint density at radius 2 is 1.87 bits per heavy atom. The minimum atomic E-state index is 0.490. The summed E-state index contributed by atoms with van der Waals surface area (Å²) in [5.74, 6) is 2.07. The molecule has 6 nitrogen and oxygen atoms in total. The normalized spacial score (nSPS) is 10.3. The van der Waals surface area contributed by atoms with Crippen molar-refractivity contribution in [2.24, 2.45) is 0 Å². The van der Waals surface area contributed by atoms with E-state index in [1.165, 1.54) is 0 Å². The van der Waals surface area contributed by atoms with E-state index in [9.17, 15) is 5.26 Å². The lowest BCUT2D eigenvalue weighted by Crippen LogP contribution is -2.02. The fraction of sp³-hybridized carbons (Fsp3) is 0.176. The molecule has 2 aromatic heterocycles. The van der Waals surface area contributed by atoms with E-state index in [0.717, 1.165) is 17.0 Å². The number of nitriles is 1. The highest BCUT2D eigenvalue weighted by atomic mass is 16.5. The lowest BCUT2D eigenvalue weighted by atomic mass is 10.1. The van der Waals surface area contributed by atoms with Gasteiger partial charge in [0.2, 0.25) is 0 Å². The number of nitrogens with zero attached hydrogens (tertiary/aromatic N) is 5. The van der Waals surface area contributed by atoms with Crippen molar-refractivity contribution in [3.8, 4) is 28.9 Å². The first-order valence-electron chi connectivity index (χ1n) is 7.07. The third-order valence-corrected chi connectivity index (χ3v) is 3.39. The molecule has 0 aliphatic carbocycles. The number of aryl methyl sites for hydroxylation is 2. The van der Waals surface area contributed by atoms with E-state index in [4.69, 9.17) is 4.74 Å². The predicted octanol–water partition coefficient (Wildman–Crippen LogP) is 2.83. The summed E-state index contributed by atoms with van der Waals surface area (Å²) in [7, 11) is 1.62. The summed E-state index contributed by atoms with van der Waals surface area (Å²) in [6.45, 7) is 3.73. The van der Waals surface area contributed by atoms with Gasteiger partial charge < -0.3 is 4.74 Å². The number of hydrogen-bond donors (Lipinski definition) is 0. The molecule has 3 rings (SSSR count). The molecular formula is C17H15N5O. The van der Waals surface area contributed by atoms with Gasteiger partial charge in [0.1, 0.15) is 23.3 Å². The van der Waals surface area contributed by atoms with Crippen LogP contribution in [0.1, 0.15) is 17.1 Å². The van der Waals surface area contributed by atoms with Crippen LogP contribution in [0.3, 0.4) is 0 Å². The van der Waals surface area contributed by atoms with E-state index in [-0.39, 0.29) is 0 Å². The standard InChI is InChI=1S/C17H15N5O/c1-11-8-16(20-12(2)19-11)22-10-14(9-18)17(21-22)13-4-6-15(23-3)7-5-13/h4-8,10H,1-3H3. The first-order valence-corrected chi connectivity index (χ1v) is 7.07. The van der Waals surface area contributed by atoms with Crippen molar-refractivity contribution in [2.75, 3.05) is 7.11 Å². The zero-order valence-electron chi connectivity index (χ0n) is 13.1. The minimum Gasteiger partial charge on any atom is -0.497 e. The summed E-state index contributed by atoms with van der Waals surface area (Å²) < 4.78 is 6.77. The van der Waals surface area contributed by atoms with Crippen LogP contribution in [-0.2, 0) is 0 Å². The summed E-state index contributed by atoms with van der Waals surface area (Å²) in [4.78, 5) is 8.63. The summed E-state index contributed by atoms with van der Waals surface area (Å²) in [5, 5.41) is 13.9. The van der Waals surface area contributed by atoms with Gasteiger partial charge >= 0.3 is 0 Å². The molecule has 114 valence electrons. The average Bonchev–Trinajstić information content (AvgIpc) is 2.98. The monoisotopic (exact) mass is 305 g/mol. The number of aromatic nitrogens is 4. The third kappa shape index (κ3) is 2.90. The van der Waals surface area contributed by atoms with Crippen LogP contribution >= 0.6 is 0 Å². The molecule has 0 fully saturated rings. The molecule has 0 bridgehead atoms. The second-order valence-corrected chi connectivity index (χ2v) is 5.09. The smallest absolute Gasteiger partial charge is 0.157 e. The second kappa shape index (κ2) is 5.89. The molecule has 0 spiro atoms. The Bertz CT molecular complexity index is 870. The van der Waals surface area contributed by atoms with E-state index < -0.39 is 0 Å². The first-order chi connectivity index (χ1) is 11.1. The molecule has 3 aromatic rings. The fourth-order valence-electron chi connectivity index (χ4n) is 2.35. The molecule has 0 saturated carbocycles. The van der Waals surface area contributed by atoms with Crippen LogP contribution in [0.15, 0.2) is 36.5 Å². The van der Waals surface area contributed by atoms with Crippen LogP contribution in [0.2, 0.25) is 0 Å². The molecule has 0 atom stereocenters. The maximum atomic E-state index is 9.39. The number of ether oxygens (including phenoxy) is 1. The highest BCUT2D eigenvalue weighted by molar-refractivity contribution is 5.67. The summed E-state index contributed by atoms with van der Waals surface area (Å²) in [6, 6.07) is 11.5. The van der Waals surface area contributed by atoms with Crippen molar-refractivity contribution >= 4 is 0 Å². The molecule has 0 amide bonds. The van der Waals surface area contributed by atoms with Gasteiger partial charge in [-0.2, -0.15) is 10.4 Å². The highest BCUT2D eigenvalue weighted by Gasteiger charge is 2.13. The van der Waals surface area contributed by atoms with Crippen LogP contribution in [0.25, 0.3) is 17.1 Å². The molecule has 0 radical (unpaired) electrons. The van der Waals surface area contributed by atoms with Crippen LogP contribution in [0.4, 0.5) is 0 Å². The van der Waals surface area contributed by atoms with Gasteiger partial charge in [-0.05, 0) is 38.1 Å². The van der Waals surface area contributed by atoms with Crippen LogP contribution in [0, 0.1) is 25.2 Å². The quantitative estimate of drug-likeness (QED) is 0.743. The number of methoxy groups -OCH3 is 1. The average molecular weight is 305 g/mol. The van der Waals surface area contributed by atoms with E-state index in [2.05, 4.69) is 21.1 Å². The SMILES string of the molecule is COc1ccc(-c2nn(-c3cc(C)nc(C)n3)cc2C#N)cc1. The third-order valence-electron chi connectivity index (χ3n) is 3.39. The van der Waals surface area contributed by atoms with Crippen molar-refractivity contribution in [2.45, 2.75) is 13.8 Å². The van der Waals surface area contributed by atoms with E-state index in [1.54, 1.807) is 18.0 Å². The summed E-state index contributed by atoms with van der Waals surface area (Å²) in [6.07, 6.45) is 1.68. The van der Waals surface area contributed by atoms with Gasteiger partial charge in [-0.1, -0.05) is 0 Å². The Labute approximate surface area is 134 Å². The Kier molecular flexibility index (Phi) is 3.77. The number of hydrogen-bond acceptors (Lipinski definition) is 5. The zero-order valence-corrected chi connectivity index (χ0v) is 13.1. The molecule has 2 heterocycles. The Hall–Kier alpha value is -3.20. The van der Waals surface area contributed by atoms with E-state index in [0.29, 0.717) is 22.9 Å². The lowest BCUT2D eigenvalue weighted by Gasteiger charge is -2.03. The largest absolute Gasteiger partial charge is 0.497 e. The molecule has 6 heteroatoms. The van der Waals surface area contributed by atoms with Gasteiger partial charge in [0.15, 0.2) is 5.82 Å². The minimum absolute atomic E-state index is 0.490. The molecule has 0 unspecified atom stereocenters. The van der Waals surface area contributed by atoms with E-state index in [1.807, 2.05) is 44.2 Å². The van der Waals surface area contributed by atoms with Crippen LogP contribution < -0.4 is 4.74 Å². The zero-order chi connectivity index (χ0) is 16.4. The van der Waals surface area contributed by atoms with Crippen molar-refractivity contribution in [3.05, 3.63) is 53.6 Å². The van der Waals surface area contributed by atoms with Crippen molar-refractivity contribution in [3.63, 3.8) is 0 Å². The highest BCUT2D eigenvalue weighted by Crippen LogP contribution is 2.25. The Morgan fingerprint density at radius 1 is 1.13 bits per heavy atom. The molecule has 23 heavy (non-hydrogen) atoms.